The number of hydrogen-bond acceptors (Lipinski definition) is 3. The van der Waals surface area contributed by atoms with Gasteiger partial charge in [-0.25, -0.2) is 4.98 Å². The largest absolute Gasteiger partial charge is 0.333 e. The van der Waals surface area contributed by atoms with E-state index >= 15 is 0 Å². The highest BCUT2D eigenvalue weighted by Gasteiger charge is 2.14. The van der Waals surface area contributed by atoms with Crippen LogP contribution in [-0.2, 0) is 13.0 Å². The summed E-state index contributed by atoms with van der Waals surface area (Å²) >= 11 is 1.74. The molecule has 0 bridgehead atoms. The lowest BCUT2D eigenvalue weighted by atomic mass is 10.0. The molecule has 0 fully saturated rings. The Labute approximate surface area is 106 Å². The molecule has 0 spiro atoms. The summed E-state index contributed by atoms with van der Waals surface area (Å²) in [6, 6.07) is 2.24. The number of hydrogen-bond donors (Lipinski definition) is 1. The third-order valence-corrected chi connectivity index (χ3v) is 3.76. The van der Waals surface area contributed by atoms with Crippen LogP contribution in [-0.4, -0.2) is 9.55 Å². The maximum Gasteiger partial charge on any atom is 0.0948 e. The zero-order valence-corrected chi connectivity index (χ0v) is 11.2. The molecule has 1 unspecified atom stereocenters. The van der Waals surface area contributed by atoms with E-state index < -0.39 is 0 Å². The molecule has 4 heteroatoms. The molecular weight excluding hydrogens is 230 g/mol. The van der Waals surface area contributed by atoms with Gasteiger partial charge in [0.2, 0.25) is 0 Å². The predicted molar refractivity (Wildman–Crippen MR) is 72.0 cm³/mol. The van der Waals surface area contributed by atoms with E-state index in [1.165, 1.54) is 5.56 Å². The van der Waals surface area contributed by atoms with Crippen molar-refractivity contribution < 1.29 is 0 Å². The van der Waals surface area contributed by atoms with Crippen LogP contribution in [0.25, 0.3) is 0 Å². The Morgan fingerprint density at radius 1 is 1.47 bits per heavy atom. The minimum atomic E-state index is 0.0694. The maximum absolute atomic E-state index is 6.17. The Morgan fingerprint density at radius 3 is 2.94 bits per heavy atom. The molecule has 17 heavy (non-hydrogen) atoms. The minimum absolute atomic E-state index is 0.0694. The molecule has 0 radical (unpaired) electrons. The molecule has 2 aromatic rings. The van der Waals surface area contributed by atoms with Crippen molar-refractivity contribution in [3.05, 3.63) is 40.6 Å². The summed E-state index contributed by atoms with van der Waals surface area (Å²) in [6.45, 7) is 5.23. The van der Waals surface area contributed by atoms with Crippen LogP contribution in [0, 0.1) is 5.92 Å². The van der Waals surface area contributed by atoms with E-state index in [2.05, 4.69) is 40.2 Å². The van der Waals surface area contributed by atoms with Crippen LogP contribution >= 0.6 is 11.3 Å². The first kappa shape index (κ1) is 12.3. The third kappa shape index (κ3) is 2.96. The van der Waals surface area contributed by atoms with E-state index in [0.29, 0.717) is 5.92 Å². The maximum atomic E-state index is 6.17. The molecule has 0 aromatic carbocycles. The Balaban J connectivity index is 2.04. The zero-order chi connectivity index (χ0) is 12.3. The van der Waals surface area contributed by atoms with E-state index in [4.69, 9.17) is 5.73 Å². The second kappa shape index (κ2) is 5.47. The van der Waals surface area contributed by atoms with Crippen molar-refractivity contribution in [2.75, 3.05) is 0 Å². The number of rotatable bonds is 5. The van der Waals surface area contributed by atoms with Gasteiger partial charge in [0.15, 0.2) is 0 Å². The van der Waals surface area contributed by atoms with Gasteiger partial charge in [-0.3, -0.25) is 0 Å². The predicted octanol–water partition coefficient (Wildman–Crippen LogP) is 2.84. The summed E-state index contributed by atoms with van der Waals surface area (Å²) in [5, 5.41) is 4.31. The quantitative estimate of drug-likeness (QED) is 0.885. The van der Waals surface area contributed by atoms with Crippen molar-refractivity contribution >= 4 is 11.3 Å². The van der Waals surface area contributed by atoms with Crippen LogP contribution in [0.3, 0.4) is 0 Å². The molecule has 2 aromatic heterocycles. The normalized spacial score (nSPS) is 13.2. The molecule has 0 amide bonds. The van der Waals surface area contributed by atoms with E-state index in [1.807, 2.05) is 12.5 Å². The summed E-state index contributed by atoms with van der Waals surface area (Å²) in [5.41, 5.74) is 8.69. The Hall–Kier alpha value is -1.13. The fourth-order valence-electron chi connectivity index (χ4n) is 1.82. The van der Waals surface area contributed by atoms with Crippen LogP contribution < -0.4 is 5.73 Å². The van der Waals surface area contributed by atoms with Gasteiger partial charge in [-0.1, -0.05) is 13.8 Å². The fourth-order valence-corrected chi connectivity index (χ4v) is 2.52. The fraction of sp³-hybridized carbons (Fsp3) is 0.462. The van der Waals surface area contributed by atoms with Crippen molar-refractivity contribution in [2.24, 2.45) is 11.7 Å². The molecule has 2 heterocycles. The Morgan fingerprint density at radius 2 is 2.29 bits per heavy atom. The summed E-state index contributed by atoms with van der Waals surface area (Å²) in [7, 11) is 0. The summed E-state index contributed by atoms with van der Waals surface area (Å²) < 4.78 is 2.17. The highest BCUT2D eigenvalue weighted by Crippen LogP contribution is 2.19. The number of nitrogens with two attached hydrogens (primary N) is 1. The lowest BCUT2D eigenvalue weighted by molar-refractivity contribution is 0.477. The van der Waals surface area contributed by atoms with E-state index in [0.717, 1.165) is 18.7 Å². The molecule has 0 aliphatic carbocycles. The van der Waals surface area contributed by atoms with Crippen LogP contribution in [0.1, 0.15) is 31.1 Å². The van der Waals surface area contributed by atoms with E-state index in [1.54, 1.807) is 11.3 Å². The number of aryl methyl sites for hydroxylation is 2. The van der Waals surface area contributed by atoms with Gasteiger partial charge in [0.05, 0.1) is 12.0 Å². The van der Waals surface area contributed by atoms with Crippen LogP contribution in [0.5, 0.6) is 0 Å². The number of thiophene rings is 1. The smallest absolute Gasteiger partial charge is 0.0948 e. The molecule has 0 saturated heterocycles. The van der Waals surface area contributed by atoms with E-state index in [9.17, 15) is 0 Å². The number of nitrogens with zero attached hydrogens (tertiary/aromatic N) is 2. The van der Waals surface area contributed by atoms with Gasteiger partial charge in [0, 0.05) is 18.8 Å². The highest BCUT2D eigenvalue weighted by atomic mass is 32.1. The molecule has 92 valence electrons. The first-order valence-electron chi connectivity index (χ1n) is 5.95. The van der Waals surface area contributed by atoms with Gasteiger partial charge >= 0.3 is 0 Å². The second-order valence-corrected chi connectivity index (χ2v) is 5.44. The van der Waals surface area contributed by atoms with Crippen LogP contribution in [0.2, 0.25) is 0 Å². The Bertz CT molecular complexity index is 445. The van der Waals surface area contributed by atoms with Gasteiger partial charge in [-0.15, -0.1) is 0 Å². The topological polar surface area (TPSA) is 43.8 Å². The van der Waals surface area contributed by atoms with Gasteiger partial charge < -0.3 is 10.3 Å². The highest BCUT2D eigenvalue weighted by molar-refractivity contribution is 7.07. The van der Waals surface area contributed by atoms with Crippen molar-refractivity contribution in [1.82, 2.24) is 9.55 Å². The molecule has 0 aliphatic rings. The lowest BCUT2D eigenvalue weighted by Crippen LogP contribution is -2.20. The third-order valence-electron chi connectivity index (χ3n) is 3.03. The van der Waals surface area contributed by atoms with Gasteiger partial charge in [-0.2, -0.15) is 11.3 Å². The monoisotopic (exact) mass is 249 g/mol. The van der Waals surface area contributed by atoms with Crippen LogP contribution in [0.4, 0.5) is 0 Å². The minimum Gasteiger partial charge on any atom is -0.333 e. The summed E-state index contributed by atoms with van der Waals surface area (Å²) in [6.07, 6.45) is 4.81. The standard InChI is InChI=1S/C13H19N3S/c1-10(2)13(14)12-7-15-9-16(12)5-3-11-4-6-17-8-11/h4,6-10,13H,3,5,14H2,1-2H3. The number of imidazole rings is 1. The molecule has 0 aliphatic heterocycles. The van der Waals surface area contributed by atoms with Crippen molar-refractivity contribution in [2.45, 2.75) is 32.9 Å². The molecule has 1 atom stereocenters. The van der Waals surface area contributed by atoms with Gasteiger partial charge in [0.25, 0.3) is 0 Å². The van der Waals surface area contributed by atoms with Crippen molar-refractivity contribution in [1.29, 1.82) is 0 Å². The summed E-state index contributed by atoms with van der Waals surface area (Å²) in [5.74, 6) is 0.437. The van der Waals surface area contributed by atoms with Gasteiger partial charge in [-0.05, 0) is 34.7 Å². The zero-order valence-electron chi connectivity index (χ0n) is 10.3. The average Bonchev–Trinajstić information content (AvgIpc) is 2.96. The summed E-state index contributed by atoms with van der Waals surface area (Å²) in [4.78, 5) is 4.21. The van der Waals surface area contributed by atoms with E-state index in [-0.39, 0.29) is 6.04 Å². The first-order chi connectivity index (χ1) is 8.18. The SMILES string of the molecule is CC(C)C(N)c1cncn1CCc1ccsc1. The van der Waals surface area contributed by atoms with Crippen LogP contribution in [0.15, 0.2) is 29.4 Å². The first-order valence-corrected chi connectivity index (χ1v) is 6.89. The molecule has 2 N–H and O–H groups in total. The Kier molecular flexibility index (Phi) is 3.97. The second-order valence-electron chi connectivity index (χ2n) is 4.66. The molecule has 2 rings (SSSR count). The molecule has 3 nitrogen and oxygen atoms in total. The van der Waals surface area contributed by atoms with Gasteiger partial charge in [0.1, 0.15) is 0 Å². The molecular formula is C13H19N3S. The number of aromatic nitrogens is 2. The molecule has 0 saturated carbocycles. The average molecular weight is 249 g/mol. The lowest BCUT2D eigenvalue weighted by Gasteiger charge is -2.17. The van der Waals surface area contributed by atoms with Crippen molar-refractivity contribution in [3.63, 3.8) is 0 Å². The van der Waals surface area contributed by atoms with Crippen molar-refractivity contribution in [3.8, 4) is 0 Å².